The zero-order valence-electron chi connectivity index (χ0n) is 5.93. The number of nitrogens with zero attached hydrogens (tertiary/aromatic N) is 2. The quantitative estimate of drug-likeness (QED) is 0.725. The smallest absolute Gasteiger partial charge is 0.158 e. The Bertz CT molecular complexity index is 393. The number of halogens is 1. The molecule has 2 heterocycles. The van der Waals surface area contributed by atoms with Crippen molar-refractivity contribution in [1.82, 2.24) is 15.0 Å². The fourth-order valence-corrected chi connectivity index (χ4v) is 1.39. The molecule has 0 aliphatic carbocycles. The molecular weight excluding hydrogens is 206 g/mol. The number of imidazole rings is 1. The summed E-state index contributed by atoms with van der Waals surface area (Å²) in [6, 6.07) is 1.88. The van der Waals surface area contributed by atoms with Crippen molar-refractivity contribution in [1.29, 1.82) is 0 Å². The van der Waals surface area contributed by atoms with Crippen LogP contribution in [0, 0.1) is 6.92 Å². The fraction of sp³-hybridized carbons (Fsp3) is 0.143. The molecule has 0 unspecified atom stereocenters. The lowest BCUT2D eigenvalue weighted by molar-refractivity contribution is 1.16. The third-order valence-corrected chi connectivity index (χ3v) is 2.09. The molecule has 0 saturated heterocycles. The summed E-state index contributed by atoms with van der Waals surface area (Å²) in [5, 5.41) is 0. The number of hydrogen-bond acceptors (Lipinski definition) is 2. The van der Waals surface area contributed by atoms with Gasteiger partial charge in [0.25, 0.3) is 0 Å². The summed E-state index contributed by atoms with van der Waals surface area (Å²) in [5.74, 6) is 0.888. The topological polar surface area (TPSA) is 41.6 Å². The first-order valence-electron chi connectivity index (χ1n) is 3.24. The first-order chi connectivity index (χ1) is 5.27. The summed E-state index contributed by atoms with van der Waals surface area (Å²) < 4.78 is 0.979. The van der Waals surface area contributed by atoms with Crippen LogP contribution in [0.5, 0.6) is 0 Å². The van der Waals surface area contributed by atoms with Crippen LogP contribution < -0.4 is 0 Å². The molecule has 0 radical (unpaired) electrons. The average Bonchev–Trinajstić information content (AvgIpc) is 2.31. The largest absolute Gasteiger partial charge is 0.327 e. The van der Waals surface area contributed by atoms with Crippen LogP contribution in [0.1, 0.15) is 5.82 Å². The third kappa shape index (κ3) is 1.03. The molecule has 0 bridgehead atoms. The van der Waals surface area contributed by atoms with Crippen LogP contribution in [0.3, 0.4) is 0 Å². The molecule has 2 rings (SSSR count). The van der Waals surface area contributed by atoms with Gasteiger partial charge in [0.05, 0.1) is 0 Å². The molecule has 0 spiro atoms. The molecule has 0 aliphatic rings. The van der Waals surface area contributed by atoms with E-state index < -0.39 is 0 Å². The molecule has 56 valence electrons. The van der Waals surface area contributed by atoms with Gasteiger partial charge in [0, 0.05) is 10.7 Å². The van der Waals surface area contributed by atoms with Gasteiger partial charge >= 0.3 is 0 Å². The zero-order valence-corrected chi connectivity index (χ0v) is 7.51. The van der Waals surface area contributed by atoms with E-state index in [2.05, 4.69) is 30.9 Å². The third-order valence-electron chi connectivity index (χ3n) is 1.45. The van der Waals surface area contributed by atoms with E-state index in [1.165, 1.54) is 0 Å². The van der Waals surface area contributed by atoms with Gasteiger partial charge in [0.2, 0.25) is 0 Å². The van der Waals surface area contributed by atoms with Crippen molar-refractivity contribution in [3.63, 3.8) is 0 Å². The van der Waals surface area contributed by atoms with Crippen LogP contribution >= 0.6 is 15.9 Å². The second-order valence-corrected chi connectivity index (χ2v) is 3.17. The van der Waals surface area contributed by atoms with Crippen LogP contribution in [0.15, 0.2) is 16.7 Å². The first kappa shape index (κ1) is 6.79. The van der Waals surface area contributed by atoms with Crippen LogP contribution in [0.25, 0.3) is 11.2 Å². The summed E-state index contributed by atoms with van der Waals surface area (Å²) >= 11 is 3.39. The lowest BCUT2D eigenvalue weighted by atomic mass is 10.4. The normalized spacial score (nSPS) is 10.7. The maximum absolute atomic E-state index is 4.25. The summed E-state index contributed by atoms with van der Waals surface area (Å²) in [6.07, 6.45) is 1.74. The van der Waals surface area contributed by atoms with E-state index in [-0.39, 0.29) is 0 Å². The van der Waals surface area contributed by atoms with E-state index in [0.29, 0.717) is 0 Å². The van der Waals surface area contributed by atoms with Crippen molar-refractivity contribution in [2.24, 2.45) is 0 Å². The van der Waals surface area contributed by atoms with Crippen molar-refractivity contribution in [3.05, 3.63) is 22.6 Å². The van der Waals surface area contributed by atoms with Gasteiger partial charge in [-0.05, 0) is 28.9 Å². The van der Waals surface area contributed by atoms with E-state index in [4.69, 9.17) is 0 Å². The summed E-state index contributed by atoms with van der Waals surface area (Å²) in [4.78, 5) is 11.4. The predicted octanol–water partition coefficient (Wildman–Crippen LogP) is 2.03. The number of nitrogens with one attached hydrogen (secondary N) is 1. The van der Waals surface area contributed by atoms with Crippen LogP contribution in [-0.4, -0.2) is 15.0 Å². The minimum Gasteiger partial charge on any atom is -0.327 e. The molecule has 0 saturated carbocycles. The molecular formula is C7H6BrN3. The number of aromatic nitrogens is 3. The number of aryl methyl sites for hydroxylation is 1. The van der Waals surface area contributed by atoms with Crippen LogP contribution in [0.4, 0.5) is 0 Å². The van der Waals surface area contributed by atoms with Crippen molar-refractivity contribution in [2.45, 2.75) is 6.92 Å². The maximum atomic E-state index is 4.25. The van der Waals surface area contributed by atoms with Gasteiger partial charge in [-0.2, -0.15) is 0 Å². The van der Waals surface area contributed by atoms with Gasteiger partial charge in [-0.25, -0.2) is 9.97 Å². The van der Waals surface area contributed by atoms with Gasteiger partial charge in [0.1, 0.15) is 11.3 Å². The van der Waals surface area contributed by atoms with Gasteiger partial charge < -0.3 is 4.98 Å². The monoisotopic (exact) mass is 211 g/mol. The number of H-pyrrole nitrogens is 1. The Hall–Kier alpha value is -0.900. The van der Waals surface area contributed by atoms with E-state index in [0.717, 1.165) is 21.5 Å². The van der Waals surface area contributed by atoms with Gasteiger partial charge in [-0.1, -0.05) is 0 Å². The fourth-order valence-electron chi connectivity index (χ4n) is 0.995. The zero-order chi connectivity index (χ0) is 7.84. The molecule has 0 atom stereocenters. The van der Waals surface area contributed by atoms with Crippen LogP contribution in [-0.2, 0) is 0 Å². The Morgan fingerprint density at radius 2 is 2.36 bits per heavy atom. The molecule has 0 aliphatic heterocycles. The summed E-state index contributed by atoms with van der Waals surface area (Å²) in [5.41, 5.74) is 1.72. The van der Waals surface area contributed by atoms with Crippen molar-refractivity contribution < 1.29 is 0 Å². The van der Waals surface area contributed by atoms with E-state index in [1.54, 1.807) is 6.20 Å². The molecule has 0 fully saturated rings. The SMILES string of the molecule is Cc1nc2c(Br)ccnc2[nH]1. The Balaban J connectivity index is 2.90. The highest BCUT2D eigenvalue weighted by Crippen LogP contribution is 2.18. The molecule has 0 amide bonds. The lowest BCUT2D eigenvalue weighted by Gasteiger charge is -1.87. The lowest BCUT2D eigenvalue weighted by Crippen LogP contribution is -1.75. The van der Waals surface area contributed by atoms with E-state index in [9.17, 15) is 0 Å². The van der Waals surface area contributed by atoms with Crippen LogP contribution in [0.2, 0.25) is 0 Å². The molecule has 0 aromatic carbocycles. The second-order valence-electron chi connectivity index (χ2n) is 2.31. The second kappa shape index (κ2) is 2.30. The minimum atomic E-state index is 0.830. The predicted molar refractivity (Wildman–Crippen MR) is 46.3 cm³/mol. The molecule has 2 aromatic heterocycles. The van der Waals surface area contributed by atoms with Gasteiger partial charge in [-0.15, -0.1) is 0 Å². The Morgan fingerprint density at radius 1 is 1.55 bits per heavy atom. The van der Waals surface area contributed by atoms with Crippen molar-refractivity contribution >= 4 is 27.1 Å². The maximum Gasteiger partial charge on any atom is 0.158 e. The number of pyridine rings is 1. The Labute approximate surface area is 72.0 Å². The molecule has 2 aromatic rings. The van der Waals surface area contributed by atoms with Gasteiger partial charge in [-0.3, -0.25) is 0 Å². The van der Waals surface area contributed by atoms with Gasteiger partial charge in [0.15, 0.2) is 5.65 Å². The molecule has 3 nitrogen and oxygen atoms in total. The van der Waals surface area contributed by atoms with Crippen molar-refractivity contribution in [2.75, 3.05) is 0 Å². The van der Waals surface area contributed by atoms with Crippen molar-refractivity contribution in [3.8, 4) is 0 Å². The Morgan fingerprint density at radius 3 is 3.09 bits per heavy atom. The minimum absolute atomic E-state index is 0.830. The molecule has 11 heavy (non-hydrogen) atoms. The number of fused-ring (bicyclic) bond motifs is 1. The standard InChI is InChI=1S/C7H6BrN3/c1-4-10-6-5(8)2-3-9-7(6)11-4/h2-3H,1H3,(H,9,10,11). The summed E-state index contributed by atoms with van der Waals surface area (Å²) in [6.45, 7) is 1.91. The average molecular weight is 212 g/mol. The number of hydrogen-bond donors (Lipinski definition) is 1. The highest BCUT2D eigenvalue weighted by Gasteiger charge is 2.02. The van der Waals surface area contributed by atoms with E-state index in [1.807, 2.05) is 13.0 Å². The molecule has 4 heteroatoms. The number of aromatic amines is 1. The highest BCUT2D eigenvalue weighted by atomic mass is 79.9. The first-order valence-corrected chi connectivity index (χ1v) is 4.03. The Kier molecular flexibility index (Phi) is 1.42. The summed E-state index contributed by atoms with van der Waals surface area (Å²) in [7, 11) is 0. The number of rotatable bonds is 0. The highest BCUT2D eigenvalue weighted by molar-refractivity contribution is 9.10. The van der Waals surface area contributed by atoms with E-state index >= 15 is 0 Å². The molecule has 1 N–H and O–H groups in total.